The lowest BCUT2D eigenvalue weighted by atomic mass is 9.93. The zero-order valence-electron chi connectivity index (χ0n) is 8.50. The number of carbonyl (C=O) groups is 1. The van der Waals surface area contributed by atoms with Gasteiger partial charge in [0.2, 0.25) is 0 Å². The van der Waals surface area contributed by atoms with Gasteiger partial charge in [-0.25, -0.2) is 4.98 Å². The minimum Gasteiger partial charge on any atom is -0.481 e. The number of aromatic amines is 1. The van der Waals surface area contributed by atoms with Crippen molar-refractivity contribution in [1.82, 2.24) is 9.97 Å². The van der Waals surface area contributed by atoms with E-state index in [2.05, 4.69) is 30.7 Å². The van der Waals surface area contributed by atoms with Crippen LogP contribution in [-0.4, -0.2) is 26.8 Å². The van der Waals surface area contributed by atoms with E-state index in [0.717, 1.165) is 5.69 Å². The molecule has 0 fully saturated rings. The van der Waals surface area contributed by atoms with Crippen LogP contribution in [0.15, 0.2) is 11.4 Å². The highest BCUT2D eigenvalue weighted by molar-refractivity contribution is 7.99. The predicted molar refractivity (Wildman–Crippen MR) is 55.6 cm³/mol. The number of aliphatic carboxylic acids is 1. The Bertz CT molecular complexity index is 328. The molecule has 0 spiro atoms. The van der Waals surface area contributed by atoms with Gasteiger partial charge in [-0.3, -0.25) is 4.79 Å². The molecule has 1 aromatic heterocycles. The summed E-state index contributed by atoms with van der Waals surface area (Å²) in [5.41, 5.74) is 1.04. The van der Waals surface area contributed by atoms with E-state index < -0.39 is 5.97 Å². The number of imidazole rings is 1. The molecule has 1 heterocycles. The molecule has 4 nitrogen and oxygen atoms in total. The summed E-state index contributed by atoms with van der Waals surface area (Å²) in [5, 5.41) is 9.14. The first kappa shape index (κ1) is 11.1. The molecule has 1 aromatic rings. The average molecular weight is 214 g/mol. The summed E-state index contributed by atoms with van der Waals surface area (Å²) in [6, 6.07) is 0. The Morgan fingerprint density at radius 2 is 2.29 bits per heavy atom. The van der Waals surface area contributed by atoms with Crippen LogP contribution in [0, 0.1) is 0 Å². The van der Waals surface area contributed by atoms with Gasteiger partial charge in [-0.1, -0.05) is 32.5 Å². The Labute approximate surface area is 87.1 Å². The second-order valence-electron chi connectivity index (χ2n) is 4.03. The lowest BCUT2D eigenvalue weighted by molar-refractivity contribution is -0.133. The van der Waals surface area contributed by atoms with Crippen molar-refractivity contribution in [3.8, 4) is 0 Å². The molecule has 14 heavy (non-hydrogen) atoms. The summed E-state index contributed by atoms with van der Waals surface area (Å²) in [5.74, 6) is -0.791. The molecule has 0 aromatic carbocycles. The monoisotopic (exact) mass is 214 g/mol. The Hall–Kier alpha value is -0.970. The molecule has 0 aliphatic rings. The van der Waals surface area contributed by atoms with Crippen LogP contribution in [0.25, 0.3) is 0 Å². The smallest absolute Gasteiger partial charge is 0.313 e. The van der Waals surface area contributed by atoms with E-state index in [1.54, 1.807) is 6.20 Å². The second-order valence-corrected chi connectivity index (χ2v) is 5.00. The summed E-state index contributed by atoms with van der Waals surface area (Å²) in [7, 11) is 0. The lowest BCUT2D eigenvalue weighted by Crippen LogP contribution is -2.11. The molecular formula is C9H14N2O2S. The Morgan fingerprint density at radius 3 is 2.71 bits per heavy atom. The van der Waals surface area contributed by atoms with Crippen molar-refractivity contribution in [2.75, 3.05) is 5.75 Å². The second kappa shape index (κ2) is 4.04. The van der Waals surface area contributed by atoms with E-state index in [1.807, 2.05) is 0 Å². The van der Waals surface area contributed by atoms with E-state index in [4.69, 9.17) is 5.11 Å². The van der Waals surface area contributed by atoms with Crippen LogP contribution in [0.4, 0.5) is 0 Å². The Morgan fingerprint density at radius 1 is 1.64 bits per heavy atom. The van der Waals surface area contributed by atoms with Crippen molar-refractivity contribution in [3.05, 3.63) is 11.9 Å². The van der Waals surface area contributed by atoms with Crippen molar-refractivity contribution < 1.29 is 9.90 Å². The van der Waals surface area contributed by atoms with Crippen molar-refractivity contribution >= 4 is 17.7 Å². The number of rotatable bonds is 3. The molecule has 0 aliphatic heterocycles. The summed E-state index contributed by atoms with van der Waals surface area (Å²) in [6.07, 6.45) is 1.75. The van der Waals surface area contributed by atoms with Crippen molar-refractivity contribution in [1.29, 1.82) is 0 Å². The summed E-state index contributed by atoms with van der Waals surface area (Å²) in [4.78, 5) is 17.5. The van der Waals surface area contributed by atoms with E-state index >= 15 is 0 Å². The fraction of sp³-hybridized carbons (Fsp3) is 0.556. The lowest BCUT2D eigenvalue weighted by Gasteiger charge is -2.14. The number of nitrogens with zero attached hydrogens (tertiary/aromatic N) is 1. The molecule has 0 amide bonds. The number of hydrogen-bond acceptors (Lipinski definition) is 3. The van der Waals surface area contributed by atoms with Gasteiger partial charge < -0.3 is 10.1 Å². The van der Waals surface area contributed by atoms with Gasteiger partial charge >= 0.3 is 5.97 Å². The molecule has 1 rings (SSSR count). The first-order chi connectivity index (χ1) is 6.39. The van der Waals surface area contributed by atoms with E-state index in [1.165, 1.54) is 11.8 Å². The van der Waals surface area contributed by atoms with Crippen LogP contribution in [-0.2, 0) is 10.2 Å². The predicted octanol–water partition coefficient (Wildman–Crippen LogP) is 1.88. The number of carboxylic acids is 1. The third kappa shape index (κ3) is 3.06. The molecule has 5 heteroatoms. The van der Waals surface area contributed by atoms with E-state index in [0.29, 0.717) is 5.16 Å². The molecule has 0 saturated heterocycles. The van der Waals surface area contributed by atoms with Crippen LogP contribution in [0.3, 0.4) is 0 Å². The normalized spacial score (nSPS) is 11.6. The van der Waals surface area contributed by atoms with Gasteiger partial charge in [-0.2, -0.15) is 0 Å². The number of H-pyrrole nitrogens is 1. The van der Waals surface area contributed by atoms with Gasteiger partial charge in [0.15, 0.2) is 5.16 Å². The number of hydrogen-bond donors (Lipinski definition) is 2. The highest BCUT2D eigenvalue weighted by atomic mass is 32.2. The quantitative estimate of drug-likeness (QED) is 0.754. The van der Waals surface area contributed by atoms with Gasteiger partial charge in [0.05, 0.1) is 5.75 Å². The first-order valence-electron chi connectivity index (χ1n) is 4.29. The van der Waals surface area contributed by atoms with Gasteiger partial charge in [0, 0.05) is 17.3 Å². The zero-order valence-corrected chi connectivity index (χ0v) is 9.31. The highest BCUT2D eigenvalue weighted by Crippen LogP contribution is 2.22. The standard InChI is InChI=1S/C9H14N2O2S/c1-9(2,3)6-4-10-8(11-6)14-5-7(12)13/h4H,5H2,1-3H3,(H,10,11)(H,12,13). The molecule has 0 saturated carbocycles. The third-order valence-electron chi connectivity index (χ3n) is 1.69. The van der Waals surface area contributed by atoms with Crippen LogP contribution >= 0.6 is 11.8 Å². The number of nitrogens with one attached hydrogen (secondary N) is 1. The Kier molecular flexibility index (Phi) is 3.21. The van der Waals surface area contributed by atoms with Gasteiger partial charge in [0.1, 0.15) is 0 Å². The fourth-order valence-electron chi connectivity index (χ4n) is 0.888. The minimum absolute atomic E-state index is 0.0229. The van der Waals surface area contributed by atoms with Crippen LogP contribution in [0.5, 0.6) is 0 Å². The molecule has 0 atom stereocenters. The van der Waals surface area contributed by atoms with E-state index in [-0.39, 0.29) is 11.2 Å². The van der Waals surface area contributed by atoms with Gasteiger partial charge in [0.25, 0.3) is 0 Å². The molecule has 0 unspecified atom stereocenters. The number of aromatic nitrogens is 2. The maximum atomic E-state index is 10.3. The summed E-state index contributed by atoms with van der Waals surface area (Å²) < 4.78 is 0. The average Bonchev–Trinajstić information content (AvgIpc) is 2.47. The largest absolute Gasteiger partial charge is 0.481 e. The SMILES string of the molecule is CC(C)(C)c1cnc(SCC(=O)O)[nH]1. The van der Waals surface area contributed by atoms with E-state index in [9.17, 15) is 4.79 Å². The summed E-state index contributed by atoms with van der Waals surface area (Å²) >= 11 is 1.20. The van der Waals surface area contributed by atoms with Crippen molar-refractivity contribution in [2.45, 2.75) is 31.3 Å². The molecule has 0 aliphatic carbocycles. The van der Waals surface area contributed by atoms with Crippen LogP contribution < -0.4 is 0 Å². The minimum atomic E-state index is -0.830. The highest BCUT2D eigenvalue weighted by Gasteiger charge is 2.16. The maximum Gasteiger partial charge on any atom is 0.313 e. The fourth-order valence-corrected chi connectivity index (χ4v) is 1.46. The molecule has 2 N–H and O–H groups in total. The molecule has 0 bridgehead atoms. The zero-order chi connectivity index (χ0) is 10.8. The molecule has 0 radical (unpaired) electrons. The first-order valence-corrected chi connectivity index (χ1v) is 5.28. The number of carboxylic acid groups (broad SMARTS) is 1. The summed E-state index contributed by atoms with van der Waals surface area (Å²) in [6.45, 7) is 6.23. The van der Waals surface area contributed by atoms with Crippen molar-refractivity contribution in [3.63, 3.8) is 0 Å². The third-order valence-corrected chi connectivity index (χ3v) is 2.57. The van der Waals surface area contributed by atoms with Crippen molar-refractivity contribution in [2.24, 2.45) is 0 Å². The number of thioether (sulfide) groups is 1. The van der Waals surface area contributed by atoms with Crippen LogP contribution in [0.1, 0.15) is 26.5 Å². The maximum absolute atomic E-state index is 10.3. The molecular weight excluding hydrogens is 200 g/mol. The molecule has 78 valence electrons. The Balaban J connectivity index is 2.64. The van der Waals surface area contributed by atoms with Crippen LogP contribution in [0.2, 0.25) is 0 Å². The topological polar surface area (TPSA) is 66.0 Å². The van der Waals surface area contributed by atoms with Gasteiger partial charge in [-0.15, -0.1) is 0 Å². The van der Waals surface area contributed by atoms with Gasteiger partial charge in [-0.05, 0) is 0 Å².